The molecular weight excluding hydrogens is 713 g/mol. The van der Waals surface area contributed by atoms with E-state index in [4.69, 9.17) is 24.3 Å². The van der Waals surface area contributed by atoms with Crippen molar-refractivity contribution in [1.82, 2.24) is 0 Å². The number of hydrogen-bond donors (Lipinski definition) is 2. The Morgan fingerprint density at radius 2 is 0.927 bits per heavy atom. The third-order valence-electron chi connectivity index (χ3n) is 10.2. The highest BCUT2D eigenvalue weighted by Crippen LogP contribution is 2.43. The average molecular weight is 802 g/mol. The fraction of sp³-hybridized carbons (Fsp3) is 0.911. The maximum absolute atomic E-state index is 12.6. The molecule has 0 heterocycles. The number of rotatable bonds is 44. The van der Waals surface area contributed by atoms with Gasteiger partial charge in [-0.2, -0.15) is 0 Å². The van der Waals surface area contributed by atoms with Crippen LogP contribution in [0.25, 0.3) is 0 Å². The third kappa shape index (κ3) is 42.2. The minimum Gasteiger partial charge on any atom is -0.462 e. The highest BCUT2D eigenvalue weighted by molar-refractivity contribution is 7.47. The number of phosphoric ester groups is 1. The van der Waals surface area contributed by atoms with Gasteiger partial charge in [0.05, 0.1) is 13.2 Å². The lowest BCUT2D eigenvalue weighted by molar-refractivity contribution is -0.161. The predicted molar refractivity (Wildman–Crippen MR) is 229 cm³/mol. The van der Waals surface area contributed by atoms with Crippen LogP contribution in [0, 0.1) is 0 Å². The normalized spacial score (nSPS) is 13.3. The molecule has 0 radical (unpaired) electrons. The van der Waals surface area contributed by atoms with E-state index in [1.165, 1.54) is 167 Å². The highest BCUT2D eigenvalue weighted by atomic mass is 31.2. The summed E-state index contributed by atoms with van der Waals surface area (Å²) in [5.41, 5.74) is 5.35. The number of ether oxygens (including phenoxy) is 2. The van der Waals surface area contributed by atoms with Gasteiger partial charge >= 0.3 is 19.8 Å². The fourth-order valence-corrected chi connectivity index (χ4v) is 7.48. The molecule has 0 aliphatic rings. The minimum atomic E-state index is -4.38. The molecule has 0 aromatic rings. The van der Waals surface area contributed by atoms with Crippen LogP contribution in [0.5, 0.6) is 0 Å². The largest absolute Gasteiger partial charge is 0.472 e. The molecule has 0 fully saturated rings. The van der Waals surface area contributed by atoms with Crippen molar-refractivity contribution < 1.29 is 37.6 Å². The minimum absolute atomic E-state index is 0.0518. The summed E-state index contributed by atoms with van der Waals surface area (Å²) < 4.78 is 32.8. The summed E-state index contributed by atoms with van der Waals surface area (Å²) >= 11 is 0. The molecule has 55 heavy (non-hydrogen) atoms. The van der Waals surface area contributed by atoms with E-state index in [2.05, 4.69) is 19.9 Å². The summed E-state index contributed by atoms with van der Waals surface area (Å²) in [4.78, 5) is 34.9. The number of nitrogens with two attached hydrogens (primary N) is 1. The summed E-state index contributed by atoms with van der Waals surface area (Å²) in [6, 6.07) is 0. The summed E-state index contributed by atoms with van der Waals surface area (Å²) in [5, 5.41) is 0. The molecule has 0 bridgehead atoms. The van der Waals surface area contributed by atoms with Crippen molar-refractivity contribution in [3.8, 4) is 0 Å². The van der Waals surface area contributed by atoms with Gasteiger partial charge in [0.25, 0.3) is 0 Å². The van der Waals surface area contributed by atoms with Gasteiger partial charge in [-0.15, -0.1) is 0 Å². The zero-order valence-corrected chi connectivity index (χ0v) is 36.8. The maximum Gasteiger partial charge on any atom is 0.472 e. The molecule has 2 unspecified atom stereocenters. The van der Waals surface area contributed by atoms with Crippen LogP contribution in [0.4, 0.5) is 0 Å². The van der Waals surface area contributed by atoms with Crippen LogP contribution in [-0.4, -0.2) is 49.3 Å². The fourth-order valence-electron chi connectivity index (χ4n) is 6.71. The van der Waals surface area contributed by atoms with Crippen LogP contribution < -0.4 is 5.73 Å². The number of allylic oxidation sites excluding steroid dienone is 2. The lowest BCUT2D eigenvalue weighted by atomic mass is 10.0. The molecule has 2 atom stereocenters. The van der Waals surface area contributed by atoms with E-state index in [0.717, 1.165) is 32.1 Å². The monoisotopic (exact) mass is 802 g/mol. The van der Waals surface area contributed by atoms with Gasteiger partial charge in [0.2, 0.25) is 0 Å². The Bertz CT molecular complexity index is 917. The van der Waals surface area contributed by atoms with Crippen LogP contribution in [-0.2, 0) is 32.7 Å². The van der Waals surface area contributed by atoms with Gasteiger partial charge in [-0.3, -0.25) is 18.6 Å². The Kier molecular flexibility index (Phi) is 41.4. The number of esters is 2. The Labute approximate surface area is 339 Å². The lowest BCUT2D eigenvalue weighted by Crippen LogP contribution is -2.29. The molecule has 0 aliphatic carbocycles. The summed E-state index contributed by atoms with van der Waals surface area (Å²) in [5.74, 6) is -0.872. The number of carbonyl (C=O) groups is 2. The van der Waals surface area contributed by atoms with Crippen molar-refractivity contribution in [2.45, 2.75) is 238 Å². The SMILES string of the molecule is CCCCCCCCCCCCCCCCC/C=C\CCC(=O)OC(COC(=O)CCCCCCCCCCCCCCCCC)COP(=O)(O)OCCN. The molecular formula is C45H88NO8P. The zero-order chi connectivity index (χ0) is 40.3. The molecule has 10 heteroatoms. The summed E-state index contributed by atoms with van der Waals surface area (Å²) in [6.45, 7) is 3.73. The molecule has 9 nitrogen and oxygen atoms in total. The number of carbonyl (C=O) groups excluding carboxylic acids is 2. The second-order valence-electron chi connectivity index (χ2n) is 15.6. The topological polar surface area (TPSA) is 134 Å². The molecule has 0 rings (SSSR count). The van der Waals surface area contributed by atoms with Crippen molar-refractivity contribution in [3.05, 3.63) is 12.2 Å². The first-order valence-electron chi connectivity index (χ1n) is 23.2. The summed E-state index contributed by atoms with van der Waals surface area (Å²) in [7, 11) is -4.38. The van der Waals surface area contributed by atoms with Crippen LogP contribution in [0.3, 0.4) is 0 Å². The van der Waals surface area contributed by atoms with Crippen LogP contribution >= 0.6 is 7.82 Å². The van der Waals surface area contributed by atoms with E-state index in [0.29, 0.717) is 6.42 Å². The number of hydrogen-bond acceptors (Lipinski definition) is 8. The summed E-state index contributed by atoms with van der Waals surface area (Å²) in [6.07, 6.45) is 44.0. The van der Waals surface area contributed by atoms with E-state index in [-0.39, 0.29) is 38.6 Å². The predicted octanol–water partition coefficient (Wildman–Crippen LogP) is 13.4. The van der Waals surface area contributed by atoms with E-state index in [1.807, 2.05) is 6.08 Å². The first-order chi connectivity index (χ1) is 26.8. The van der Waals surface area contributed by atoms with Crippen molar-refractivity contribution in [2.75, 3.05) is 26.4 Å². The van der Waals surface area contributed by atoms with Gasteiger partial charge in [-0.05, 0) is 25.7 Å². The van der Waals surface area contributed by atoms with Gasteiger partial charge in [0, 0.05) is 19.4 Å². The van der Waals surface area contributed by atoms with E-state index < -0.39 is 26.5 Å². The smallest absolute Gasteiger partial charge is 0.462 e. The Balaban J connectivity index is 4.11. The second-order valence-corrected chi connectivity index (χ2v) is 17.1. The van der Waals surface area contributed by atoms with Crippen molar-refractivity contribution in [3.63, 3.8) is 0 Å². The molecule has 3 N–H and O–H groups in total. The standard InChI is InChI=1S/C45H88NO8P/c1-3-5-7-9-11-13-15-17-19-20-21-22-24-26-28-30-32-34-36-38-45(48)54-43(42-53-55(49,50)52-40-39-46)41-51-44(47)37-35-33-31-29-27-25-23-18-16-14-12-10-8-6-4-2/h32,34,43H,3-31,33,35-42,46H2,1-2H3,(H,49,50)/b34-32-. The van der Waals surface area contributed by atoms with Crippen LogP contribution in [0.15, 0.2) is 12.2 Å². The first kappa shape index (κ1) is 53.8. The molecule has 0 saturated heterocycles. The Hall–Kier alpha value is -1.25. The molecule has 0 spiro atoms. The second kappa shape index (κ2) is 42.4. The van der Waals surface area contributed by atoms with E-state index in [1.54, 1.807) is 0 Å². The molecule has 0 aromatic heterocycles. The van der Waals surface area contributed by atoms with Crippen LogP contribution in [0.2, 0.25) is 0 Å². The average Bonchev–Trinajstić information content (AvgIpc) is 3.17. The molecule has 0 amide bonds. The highest BCUT2D eigenvalue weighted by Gasteiger charge is 2.25. The molecule has 0 aliphatic heterocycles. The van der Waals surface area contributed by atoms with Gasteiger partial charge in [-0.1, -0.05) is 206 Å². The first-order valence-corrected chi connectivity index (χ1v) is 24.7. The lowest BCUT2D eigenvalue weighted by Gasteiger charge is -2.19. The van der Waals surface area contributed by atoms with E-state index in [9.17, 15) is 19.0 Å². The Morgan fingerprint density at radius 3 is 1.36 bits per heavy atom. The molecule has 0 aromatic carbocycles. The molecule has 0 saturated carbocycles. The maximum atomic E-state index is 12.6. The zero-order valence-electron chi connectivity index (χ0n) is 35.9. The molecule has 326 valence electrons. The van der Waals surface area contributed by atoms with Crippen molar-refractivity contribution in [2.24, 2.45) is 5.73 Å². The third-order valence-corrected chi connectivity index (χ3v) is 11.1. The van der Waals surface area contributed by atoms with Gasteiger partial charge in [0.1, 0.15) is 6.61 Å². The van der Waals surface area contributed by atoms with Gasteiger partial charge < -0.3 is 20.1 Å². The van der Waals surface area contributed by atoms with Crippen molar-refractivity contribution in [1.29, 1.82) is 0 Å². The number of unbranched alkanes of at least 4 members (excludes halogenated alkanes) is 29. The number of phosphoric acid groups is 1. The van der Waals surface area contributed by atoms with Crippen molar-refractivity contribution >= 4 is 19.8 Å². The van der Waals surface area contributed by atoms with E-state index >= 15 is 0 Å². The Morgan fingerprint density at radius 1 is 0.527 bits per heavy atom. The quantitative estimate of drug-likeness (QED) is 0.0267. The van der Waals surface area contributed by atoms with Gasteiger partial charge in [0.15, 0.2) is 6.10 Å². The van der Waals surface area contributed by atoms with Gasteiger partial charge in [-0.25, -0.2) is 4.57 Å². The van der Waals surface area contributed by atoms with Crippen LogP contribution in [0.1, 0.15) is 232 Å².